The summed E-state index contributed by atoms with van der Waals surface area (Å²) < 4.78 is 14.2. The smallest absolute Gasteiger partial charge is 0.407 e. The molecule has 1 atom stereocenters. The Morgan fingerprint density at radius 2 is 1.75 bits per heavy atom. The van der Waals surface area contributed by atoms with Crippen LogP contribution in [0.15, 0.2) is 24.3 Å². The van der Waals surface area contributed by atoms with Crippen molar-refractivity contribution in [3.63, 3.8) is 0 Å². The first-order chi connectivity index (χ1) is 9.60. The highest BCUT2D eigenvalue weighted by Gasteiger charge is 2.21. The Labute approximate surface area is 118 Å². The summed E-state index contributed by atoms with van der Waals surface area (Å²) in [5.74, 6) is 0.273. The lowest BCUT2D eigenvalue weighted by Crippen LogP contribution is -2.41. The number of rotatable bonds is 6. The minimum absolute atomic E-state index is 0.425. The number of nitrogens with one attached hydrogen (secondary N) is 1. The number of methoxy groups -OCH3 is 3. The number of carbonyl (C=O) groups is 2. The summed E-state index contributed by atoms with van der Waals surface area (Å²) in [6, 6.07) is 6.78. The van der Waals surface area contributed by atoms with Crippen molar-refractivity contribution in [3.05, 3.63) is 29.8 Å². The third kappa shape index (κ3) is 4.79. The van der Waals surface area contributed by atoms with Gasteiger partial charge in [0.15, 0.2) is 0 Å². The Bertz CT molecular complexity index is 443. The highest BCUT2D eigenvalue weighted by molar-refractivity contribution is 5.81. The zero-order valence-electron chi connectivity index (χ0n) is 11.8. The molecule has 0 spiro atoms. The van der Waals surface area contributed by atoms with E-state index >= 15 is 0 Å². The van der Waals surface area contributed by atoms with Crippen LogP contribution in [0.3, 0.4) is 0 Å². The van der Waals surface area contributed by atoms with Crippen molar-refractivity contribution in [1.29, 1.82) is 0 Å². The van der Waals surface area contributed by atoms with Gasteiger partial charge in [-0.2, -0.15) is 0 Å². The molecule has 0 fully saturated rings. The number of hydrogen-bond acceptors (Lipinski definition) is 5. The number of aryl methyl sites for hydroxylation is 1. The van der Waals surface area contributed by atoms with Gasteiger partial charge < -0.3 is 19.5 Å². The van der Waals surface area contributed by atoms with Crippen LogP contribution in [0.4, 0.5) is 4.79 Å². The molecule has 1 aromatic rings. The topological polar surface area (TPSA) is 73.9 Å². The average molecular weight is 281 g/mol. The number of benzene rings is 1. The molecule has 0 heterocycles. The minimum atomic E-state index is -0.727. The molecule has 1 N–H and O–H groups in total. The molecule has 6 heteroatoms. The van der Waals surface area contributed by atoms with Crippen LogP contribution in [-0.2, 0) is 20.7 Å². The highest BCUT2D eigenvalue weighted by Crippen LogP contribution is 2.13. The maximum Gasteiger partial charge on any atom is 0.407 e. The minimum Gasteiger partial charge on any atom is -0.497 e. The van der Waals surface area contributed by atoms with Crippen molar-refractivity contribution in [1.82, 2.24) is 5.32 Å². The second-order valence-electron chi connectivity index (χ2n) is 4.10. The summed E-state index contributed by atoms with van der Waals surface area (Å²) in [6.07, 6.45) is 0.386. The van der Waals surface area contributed by atoms with Crippen molar-refractivity contribution in [2.24, 2.45) is 0 Å². The van der Waals surface area contributed by atoms with Gasteiger partial charge in [-0.05, 0) is 30.5 Å². The SMILES string of the molecule is COC(=O)N[C@H](CCc1ccc(OC)cc1)C(=O)OC. The normalized spacial score (nSPS) is 11.3. The van der Waals surface area contributed by atoms with Crippen LogP contribution in [-0.4, -0.2) is 39.4 Å². The van der Waals surface area contributed by atoms with E-state index in [1.807, 2.05) is 24.3 Å². The van der Waals surface area contributed by atoms with Gasteiger partial charge in [0.1, 0.15) is 11.8 Å². The van der Waals surface area contributed by atoms with E-state index in [2.05, 4.69) is 14.8 Å². The van der Waals surface area contributed by atoms with Gasteiger partial charge in [-0.15, -0.1) is 0 Å². The lowest BCUT2D eigenvalue weighted by molar-refractivity contribution is -0.143. The number of alkyl carbamates (subject to hydrolysis) is 1. The standard InChI is InChI=1S/C14H19NO5/c1-18-11-7-4-10(5-8-11)6-9-12(13(16)19-2)15-14(17)20-3/h4-5,7-8,12H,6,9H2,1-3H3,(H,15,17)/t12-/m1/s1. The van der Waals surface area contributed by atoms with Crippen molar-refractivity contribution >= 4 is 12.1 Å². The molecule has 0 aromatic heterocycles. The fourth-order valence-corrected chi connectivity index (χ4v) is 1.70. The quantitative estimate of drug-likeness (QED) is 0.800. The van der Waals surface area contributed by atoms with Gasteiger partial charge in [0, 0.05) is 0 Å². The zero-order chi connectivity index (χ0) is 15.0. The molecule has 6 nitrogen and oxygen atoms in total. The van der Waals surface area contributed by atoms with E-state index < -0.39 is 18.1 Å². The lowest BCUT2D eigenvalue weighted by Gasteiger charge is -2.15. The average Bonchev–Trinajstić information content (AvgIpc) is 2.50. The molecule has 0 radical (unpaired) electrons. The molecular formula is C14H19NO5. The Balaban J connectivity index is 2.60. The Morgan fingerprint density at radius 1 is 1.10 bits per heavy atom. The first-order valence-corrected chi connectivity index (χ1v) is 6.16. The van der Waals surface area contributed by atoms with Crippen LogP contribution in [0.25, 0.3) is 0 Å². The summed E-state index contributed by atoms with van der Waals surface area (Å²) in [4.78, 5) is 22.8. The molecule has 20 heavy (non-hydrogen) atoms. The predicted octanol–water partition coefficient (Wildman–Crippen LogP) is 1.53. The Morgan fingerprint density at radius 3 is 2.25 bits per heavy atom. The second kappa shape index (κ2) is 8.04. The van der Waals surface area contributed by atoms with Gasteiger partial charge in [-0.1, -0.05) is 12.1 Å². The molecule has 0 bridgehead atoms. The Hall–Kier alpha value is -2.24. The van der Waals surface area contributed by atoms with Crippen LogP contribution >= 0.6 is 0 Å². The molecule has 0 saturated heterocycles. The van der Waals surface area contributed by atoms with Crippen molar-refractivity contribution in [2.45, 2.75) is 18.9 Å². The van der Waals surface area contributed by atoms with Crippen LogP contribution in [0.1, 0.15) is 12.0 Å². The second-order valence-corrected chi connectivity index (χ2v) is 4.10. The molecule has 0 aliphatic heterocycles. The van der Waals surface area contributed by atoms with Crippen LogP contribution in [0.5, 0.6) is 5.75 Å². The summed E-state index contributed by atoms with van der Waals surface area (Å²) in [5, 5.41) is 2.45. The van der Waals surface area contributed by atoms with Crippen molar-refractivity contribution in [3.8, 4) is 5.75 Å². The summed E-state index contributed by atoms with van der Waals surface area (Å²) >= 11 is 0. The van der Waals surface area contributed by atoms with E-state index in [0.717, 1.165) is 11.3 Å². The molecule has 1 amide bonds. The van der Waals surface area contributed by atoms with Crippen molar-refractivity contribution < 1.29 is 23.8 Å². The molecule has 0 unspecified atom stereocenters. The number of carbonyl (C=O) groups excluding carboxylic acids is 2. The molecular weight excluding hydrogens is 262 g/mol. The molecule has 1 rings (SSSR count). The monoisotopic (exact) mass is 281 g/mol. The highest BCUT2D eigenvalue weighted by atomic mass is 16.5. The van der Waals surface area contributed by atoms with Crippen LogP contribution in [0.2, 0.25) is 0 Å². The molecule has 0 aliphatic rings. The van der Waals surface area contributed by atoms with Gasteiger partial charge >= 0.3 is 12.1 Å². The van der Waals surface area contributed by atoms with Crippen LogP contribution < -0.4 is 10.1 Å². The third-order valence-corrected chi connectivity index (χ3v) is 2.84. The van der Waals surface area contributed by atoms with Crippen LogP contribution in [0, 0.1) is 0 Å². The summed E-state index contributed by atoms with van der Waals surface area (Å²) in [5.41, 5.74) is 1.03. The van der Waals surface area contributed by atoms with Gasteiger partial charge in [0.2, 0.25) is 0 Å². The van der Waals surface area contributed by atoms with E-state index in [1.165, 1.54) is 14.2 Å². The van der Waals surface area contributed by atoms with Gasteiger partial charge in [0.25, 0.3) is 0 Å². The maximum atomic E-state index is 11.6. The van der Waals surface area contributed by atoms with Gasteiger partial charge in [-0.25, -0.2) is 9.59 Å². The fourth-order valence-electron chi connectivity index (χ4n) is 1.70. The van der Waals surface area contributed by atoms with E-state index in [9.17, 15) is 9.59 Å². The number of esters is 1. The van der Waals surface area contributed by atoms with Gasteiger partial charge in [-0.3, -0.25) is 0 Å². The molecule has 0 aliphatic carbocycles. The number of amides is 1. The van der Waals surface area contributed by atoms with Gasteiger partial charge in [0.05, 0.1) is 21.3 Å². The van der Waals surface area contributed by atoms with E-state index in [1.54, 1.807) is 7.11 Å². The Kier molecular flexibility index (Phi) is 6.36. The van der Waals surface area contributed by atoms with E-state index in [0.29, 0.717) is 12.8 Å². The summed E-state index contributed by atoms with van der Waals surface area (Å²) in [7, 11) is 4.12. The number of hydrogen-bond donors (Lipinski definition) is 1. The fraction of sp³-hybridized carbons (Fsp3) is 0.429. The molecule has 0 saturated carbocycles. The zero-order valence-corrected chi connectivity index (χ0v) is 11.8. The first-order valence-electron chi connectivity index (χ1n) is 6.16. The third-order valence-electron chi connectivity index (χ3n) is 2.84. The van der Waals surface area contributed by atoms with E-state index in [4.69, 9.17) is 4.74 Å². The van der Waals surface area contributed by atoms with E-state index in [-0.39, 0.29) is 0 Å². The molecule has 1 aromatic carbocycles. The number of ether oxygens (including phenoxy) is 3. The lowest BCUT2D eigenvalue weighted by atomic mass is 10.1. The first kappa shape index (κ1) is 15.8. The van der Waals surface area contributed by atoms with Crippen molar-refractivity contribution in [2.75, 3.05) is 21.3 Å². The molecule has 110 valence electrons. The summed E-state index contributed by atoms with van der Waals surface area (Å²) in [6.45, 7) is 0. The maximum absolute atomic E-state index is 11.6. The largest absolute Gasteiger partial charge is 0.497 e. The predicted molar refractivity (Wildman–Crippen MR) is 72.7 cm³/mol.